The number of methoxy groups -OCH3 is 2. The molecule has 0 atom stereocenters. The molecule has 3 aromatic heterocycles. The first-order valence-corrected chi connectivity index (χ1v) is 8.59. The fourth-order valence-electron chi connectivity index (χ4n) is 3.08. The van der Waals surface area contributed by atoms with Gasteiger partial charge in [0.2, 0.25) is 12.3 Å². The highest BCUT2D eigenvalue weighted by Gasteiger charge is 2.13. The Labute approximate surface area is 161 Å². The molecular weight excluding hydrogens is 356 g/mol. The Bertz CT molecular complexity index is 1140. The first-order chi connectivity index (χ1) is 13.7. The zero-order valence-electron chi connectivity index (χ0n) is 15.4. The molecule has 0 saturated carbocycles. The summed E-state index contributed by atoms with van der Waals surface area (Å²) in [5.74, 6) is 1.30. The van der Waals surface area contributed by atoms with Crippen molar-refractivity contribution in [3.8, 4) is 34.0 Å². The van der Waals surface area contributed by atoms with Crippen LogP contribution in [-0.4, -0.2) is 35.0 Å². The molecule has 28 heavy (non-hydrogen) atoms. The van der Waals surface area contributed by atoms with Crippen LogP contribution in [0.1, 0.15) is 0 Å². The normalized spacial score (nSPS) is 10.6. The van der Waals surface area contributed by atoms with E-state index in [1.807, 2.05) is 47.0 Å². The van der Waals surface area contributed by atoms with Gasteiger partial charge in [-0.15, -0.1) is 0 Å². The van der Waals surface area contributed by atoms with Crippen LogP contribution >= 0.6 is 0 Å². The standard InChI is InChI=1S/C21H18N4O3/c1-27-17-5-3-4-14(8-17)19-11-23-21-18(24-13-26)9-16(12-25(19)21)15-6-7-20(28-2)22-10-15/h3-13H,1-2H3,(H,24,26). The van der Waals surface area contributed by atoms with E-state index in [2.05, 4.69) is 15.3 Å². The van der Waals surface area contributed by atoms with Gasteiger partial charge in [0.25, 0.3) is 0 Å². The van der Waals surface area contributed by atoms with E-state index >= 15 is 0 Å². The maximum atomic E-state index is 11.1. The number of nitrogens with zero attached hydrogens (tertiary/aromatic N) is 3. The minimum absolute atomic E-state index is 0.538. The topological polar surface area (TPSA) is 77.8 Å². The number of aromatic nitrogens is 3. The molecule has 1 N–H and O–H groups in total. The number of anilines is 1. The van der Waals surface area contributed by atoms with Gasteiger partial charge in [-0.25, -0.2) is 9.97 Å². The van der Waals surface area contributed by atoms with Gasteiger partial charge in [-0.05, 0) is 24.3 Å². The molecule has 3 heterocycles. The average Bonchev–Trinajstić information content (AvgIpc) is 3.18. The SMILES string of the molecule is COc1cccc(-c2cnc3c(NC=O)cc(-c4ccc(OC)nc4)cn23)c1. The number of rotatable bonds is 6. The smallest absolute Gasteiger partial charge is 0.212 e. The van der Waals surface area contributed by atoms with Crippen LogP contribution in [0, 0.1) is 0 Å². The van der Waals surface area contributed by atoms with E-state index < -0.39 is 0 Å². The fraction of sp³-hybridized carbons (Fsp3) is 0.0952. The van der Waals surface area contributed by atoms with Gasteiger partial charge in [-0.3, -0.25) is 9.20 Å². The second kappa shape index (κ2) is 7.40. The molecule has 0 bridgehead atoms. The van der Waals surface area contributed by atoms with Crippen molar-refractivity contribution in [3.05, 3.63) is 61.1 Å². The van der Waals surface area contributed by atoms with Crippen LogP contribution in [0.4, 0.5) is 5.69 Å². The Morgan fingerprint density at radius 2 is 1.86 bits per heavy atom. The van der Waals surface area contributed by atoms with E-state index in [9.17, 15) is 4.79 Å². The Morgan fingerprint density at radius 3 is 2.57 bits per heavy atom. The van der Waals surface area contributed by atoms with E-state index in [0.29, 0.717) is 23.6 Å². The molecule has 1 amide bonds. The van der Waals surface area contributed by atoms with E-state index in [4.69, 9.17) is 9.47 Å². The number of fused-ring (bicyclic) bond motifs is 1. The minimum Gasteiger partial charge on any atom is -0.497 e. The molecule has 1 aromatic carbocycles. The zero-order valence-corrected chi connectivity index (χ0v) is 15.4. The maximum Gasteiger partial charge on any atom is 0.212 e. The molecule has 0 saturated heterocycles. The third-order valence-electron chi connectivity index (χ3n) is 4.46. The molecule has 0 aliphatic carbocycles. The van der Waals surface area contributed by atoms with Gasteiger partial charge < -0.3 is 14.8 Å². The molecule has 0 radical (unpaired) electrons. The second-order valence-corrected chi connectivity index (χ2v) is 6.06. The lowest BCUT2D eigenvalue weighted by Gasteiger charge is -2.10. The van der Waals surface area contributed by atoms with Crippen LogP contribution in [0.25, 0.3) is 28.0 Å². The second-order valence-electron chi connectivity index (χ2n) is 6.06. The summed E-state index contributed by atoms with van der Waals surface area (Å²) in [6, 6.07) is 13.3. The third kappa shape index (κ3) is 3.14. The van der Waals surface area contributed by atoms with Gasteiger partial charge in [0.1, 0.15) is 5.75 Å². The van der Waals surface area contributed by atoms with Gasteiger partial charge in [0.05, 0.1) is 31.8 Å². The predicted molar refractivity (Wildman–Crippen MR) is 107 cm³/mol. The van der Waals surface area contributed by atoms with Crippen molar-refractivity contribution < 1.29 is 14.3 Å². The molecular formula is C21H18N4O3. The summed E-state index contributed by atoms with van der Waals surface area (Å²) >= 11 is 0. The molecule has 7 nitrogen and oxygen atoms in total. The predicted octanol–water partition coefficient (Wildman–Crippen LogP) is 3.65. The van der Waals surface area contributed by atoms with E-state index in [-0.39, 0.29) is 0 Å². The van der Waals surface area contributed by atoms with Crippen molar-refractivity contribution in [3.63, 3.8) is 0 Å². The largest absolute Gasteiger partial charge is 0.497 e. The Morgan fingerprint density at radius 1 is 0.964 bits per heavy atom. The first-order valence-electron chi connectivity index (χ1n) is 8.59. The van der Waals surface area contributed by atoms with Crippen molar-refractivity contribution in [1.82, 2.24) is 14.4 Å². The van der Waals surface area contributed by atoms with Crippen LogP contribution in [0.3, 0.4) is 0 Å². The summed E-state index contributed by atoms with van der Waals surface area (Å²) in [4.78, 5) is 19.9. The van der Waals surface area contributed by atoms with Gasteiger partial charge in [-0.1, -0.05) is 12.1 Å². The van der Waals surface area contributed by atoms with Crippen LogP contribution in [-0.2, 0) is 4.79 Å². The number of hydrogen-bond donors (Lipinski definition) is 1. The van der Waals surface area contributed by atoms with Crippen LogP contribution in [0.15, 0.2) is 61.1 Å². The Hall–Kier alpha value is -3.87. The molecule has 4 aromatic rings. The van der Waals surface area contributed by atoms with Gasteiger partial charge in [0, 0.05) is 35.2 Å². The van der Waals surface area contributed by atoms with Crippen LogP contribution < -0.4 is 14.8 Å². The van der Waals surface area contributed by atoms with Crippen molar-refractivity contribution >= 4 is 17.7 Å². The highest BCUT2D eigenvalue weighted by atomic mass is 16.5. The van der Waals surface area contributed by atoms with Crippen molar-refractivity contribution in [1.29, 1.82) is 0 Å². The number of imidazole rings is 1. The molecule has 0 fully saturated rings. The number of ether oxygens (including phenoxy) is 2. The molecule has 0 spiro atoms. The highest BCUT2D eigenvalue weighted by Crippen LogP contribution is 2.31. The zero-order chi connectivity index (χ0) is 19.5. The summed E-state index contributed by atoms with van der Waals surface area (Å²) in [5.41, 5.74) is 4.86. The lowest BCUT2D eigenvalue weighted by molar-refractivity contribution is -0.105. The van der Waals surface area contributed by atoms with Gasteiger partial charge in [0.15, 0.2) is 5.65 Å². The van der Waals surface area contributed by atoms with Crippen LogP contribution in [0.2, 0.25) is 0 Å². The summed E-state index contributed by atoms with van der Waals surface area (Å²) in [5, 5.41) is 2.74. The fourth-order valence-corrected chi connectivity index (χ4v) is 3.08. The Kier molecular flexibility index (Phi) is 4.63. The summed E-state index contributed by atoms with van der Waals surface area (Å²) < 4.78 is 12.4. The number of carbonyl (C=O) groups is 1. The molecule has 0 unspecified atom stereocenters. The Balaban J connectivity index is 1.90. The third-order valence-corrected chi connectivity index (χ3v) is 4.46. The highest BCUT2D eigenvalue weighted by molar-refractivity contribution is 5.86. The quantitative estimate of drug-likeness (QED) is 0.521. The van der Waals surface area contributed by atoms with E-state index in [1.165, 1.54) is 0 Å². The number of hydrogen-bond acceptors (Lipinski definition) is 5. The lowest BCUT2D eigenvalue weighted by atomic mass is 10.1. The monoisotopic (exact) mass is 374 g/mol. The van der Waals surface area contributed by atoms with Crippen LogP contribution in [0.5, 0.6) is 11.6 Å². The lowest BCUT2D eigenvalue weighted by Crippen LogP contribution is -2.00. The molecule has 140 valence electrons. The summed E-state index contributed by atoms with van der Waals surface area (Å²) in [7, 11) is 3.21. The first kappa shape index (κ1) is 17.5. The maximum absolute atomic E-state index is 11.1. The number of nitrogens with one attached hydrogen (secondary N) is 1. The molecule has 7 heteroatoms. The number of carbonyl (C=O) groups excluding carboxylic acids is 1. The van der Waals surface area contributed by atoms with E-state index in [1.54, 1.807) is 32.7 Å². The molecule has 4 rings (SSSR count). The minimum atomic E-state index is 0.538. The van der Waals surface area contributed by atoms with Crippen molar-refractivity contribution in [2.45, 2.75) is 0 Å². The number of benzene rings is 1. The van der Waals surface area contributed by atoms with Gasteiger partial charge >= 0.3 is 0 Å². The van der Waals surface area contributed by atoms with E-state index in [0.717, 1.165) is 28.1 Å². The molecule has 0 aliphatic rings. The summed E-state index contributed by atoms with van der Waals surface area (Å²) in [6.45, 7) is 0. The summed E-state index contributed by atoms with van der Waals surface area (Å²) in [6.07, 6.45) is 6.12. The average molecular weight is 374 g/mol. The number of amides is 1. The van der Waals surface area contributed by atoms with Crippen molar-refractivity contribution in [2.75, 3.05) is 19.5 Å². The van der Waals surface area contributed by atoms with Crippen molar-refractivity contribution in [2.24, 2.45) is 0 Å². The van der Waals surface area contributed by atoms with Gasteiger partial charge in [-0.2, -0.15) is 0 Å². The molecule has 0 aliphatic heterocycles. The number of pyridine rings is 2.